The summed E-state index contributed by atoms with van der Waals surface area (Å²) in [6, 6.07) is 8.25. The third-order valence-corrected chi connectivity index (χ3v) is 10.8. The number of benzene rings is 1. The zero-order chi connectivity index (χ0) is 28.7. The van der Waals surface area contributed by atoms with Gasteiger partial charge in [-0.1, -0.05) is 46.8 Å². The smallest absolute Gasteiger partial charge is 0.332 e. The number of aromatic nitrogens is 2. The first-order valence-electron chi connectivity index (χ1n) is 15.8. The topological polar surface area (TPSA) is 73.5 Å². The highest BCUT2D eigenvalue weighted by Gasteiger charge is 2.46. The maximum Gasteiger partial charge on any atom is 0.332 e. The molecule has 0 N–H and O–H groups in total. The number of carbonyl (C=O) groups excluding carboxylic acids is 1. The van der Waals surface area contributed by atoms with Gasteiger partial charge in [-0.25, -0.2) is 4.79 Å². The largest absolute Gasteiger partial charge is 0.465 e. The van der Waals surface area contributed by atoms with Gasteiger partial charge in [0.05, 0.1) is 17.5 Å². The van der Waals surface area contributed by atoms with Crippen molar-refractivity contribution in [3.63, 3.8) is 0 Å². The zero-order valence-electron chi connectivity index (χ0n) is 25.3. The van der Waals surface area contributed by atoms with Crippen LogP contribution >= 0.6 is 0 Å². The van der Waals surface area contributed by atoms with Gasteiger partial charge in [0.25, 0.3) is 5.56 Å². The average molecular weight is 552 g/mol. The second kappa shape index (κ2) is 11.8. The van der Waals surface area contributed by atoms with Gasteiger partial charge in [-0.15, -0.1) is 0 Å². The van der Waals surface area contributed by atoms with Crippen LogP contribution < -0.4 is 11.2 Å². The Labute approximate surface area is 238 Å². The third-order valence-electron chi connectivity index (χ3n) is 10.8. The van der Waals surface area contributed by atoms with E-state index in [0.29, 0.717) is 52.7 Å². The highest BCUT2D eigenvalue weighted by molar-refractivity contribution is 5.80. The Morgan fingerprint density at radius 2 is 1.57 bits per heavy atom. The van der Waals surface area contributed by atoms with Crippen LogP contribution in [0.4, 0.5) is 0 Å². The van der Waals surface area contributed by atoms with E-state index in [1.807, 2.05) is 6.07 Å². The van der Waals surface area contributed by atoms with Crippen molar-refractivity contribution >= 4 is 16.9 Å². The second-order valence-corrected chi connectivity index (χ2v) is 13.5. The standard InChI is InChI=1S/C33H49N3O4/c1-7-40-31(37)19-34-29-11-9-8-10-28(29)32(38)36(33(34)39)27-17-25-13-12-21(3)30(18-27)35(25)26-15-20(2)14-22(4)24(6)23(5)16-26/h8-11,20-27,30H,7,12-19H2,1-6H3/t20-,21?,22?,23?,24?,25-,26-,27+,30?/m0/s1. The van der Waals surface area contributed by atoms with E-state index < -0.39 is 11.7 Å². The number of hydrogen-bond donors (Lipinski definition) is 0. The summed E-state index contributed by atoms with van der Waals surface area (Å²) >= 11 is 0. The van der Waals surface area contributed by atoms with Crippen LogP contribution in [0.15, 0.2) is 33.9 Å². The molecule has 220 valence electrons. The van der Waals surface area contributed by atoms with Crippen LogP contribution in [0.3, 0.4) is 0 Å². The van der Waals surface area contributed by atoms with E-state index in [9.17, 15) is 14.4 Å². The van der Waals surface area contributed by atoms with Gasteiger partial charge in [0, 0.05) is 24.2 Å². The van der Waals surface area contributed by atoms with E-state index in [0.717, 1.165) is 25.2 Å². The van der Waals surface area contributed by atoms with Crippen LogP contribution in [-0.4, -0.2) is 44.7 Å². The molecule has 7 nitrogen and oxygen atoms in total. The Kier molecular flexibility index (Phi) is 8.61. The lowest BCUT2D eigenvalue weighted by molar-refractivity contribution is -0.143. The van der Waals surface area contributed by atoms with Gasteiger partial charge < -0.3 is 4.74 Å². The van der Waals surface area contributed by atoms with Crippen molar-refractivity contribution in [2.75, 3.05) is 6.61 Å². The molecule has 5 unspecified atom stereocenters. The number of para-hydroxylation sites is 1. The summed E-state index contributed by atoms with van der Waals surface area (Å²) in [5.41, 5.74) is -0.133. The molecule has 0 radical (unpaired) electrons. The Bertz CT molecular complexity index is 1330. The summed E-state index contributed by atoms with van der Waals surface area (Å²) in [6.45, 7) is 13.9. The van der Waals surface area contributed by atoms with Gasteiger partial charge in [-0.3, -0.25) is 23.6 Å². The monoisotopic (exact) mass is 551 g/mol. The number of esters is 1. The highest BCUT2D eigenvalue weighted by Crippen LogP contribution is 2.46. The van der Waals surface area contributed by atoms with E-state index >= 15 is 0 Å². The van der Waals surface area contributed by atoms with Crippen molar-refractivity contribution in [2.24, 2.45) is 29.6 Å². The Hall–Kier alpha value is -2.41. The van der Waals surface area contributed by atoms with Crippen LogP contribution in [0.2, 0.25) is 0 Å². The predicted molar refractivity (Wildman–Crippen MR) is 159 cm³/mol. The fraction of sp³-hybridized carbons (Fsp3) is 0.727. The molecule has 0 spiro atoms. The predicted octanol–water partition coefficient (Wildman–Crippen LogP) is 5.63. The molecule has 3 heterocycles. The van der Waals surface area contributed by atoms with Gasteiger partial charge in [-0.2, -0.15) is 0 Å². The molecule has 1 aromatic heterocycles. The van der Waals surface area contributed by atoms with Gasteiger partial charge in [0.15, 0.2) is 0 Å². The minimum Gasteiger partial charge on any atom is -0.465 e. The molecule has 3 fully saturated rings. The fourth-order valence-corrected chi connectivity index (χ4v) is 8.53. The molecule has 1 aliphatic carbocycles. The maximum atomic E-state index is 14.0. The summed E-state index contributed by atoms with van der Waals surface area (Å²) in [7, 11) is 0. The Balaban J connectivity index is 1.51. The number of hydrogen-bond acceptors (Lipinski definition) is 5. The number of carbonyl (C=O) groups is 1. The van der Waals surface area contributed by atoms with Gasteiger partial charge >= 0.3 is 11.7 Å². The van der Waals surface area contributed by atoms with Crippen molar-refractivity contribution in [2.45, 2.75) is 117 Å². The molecule has 2 aromatic rings. The molecule has 7 heteroatoms. The minimum absolute atomic E-state index is 0.172. The van der Waals surface area contributed by atoms with Crippen molar-refractivity contribution in [1.82, 2.24) is 14.0 Å². The van der Waals surface area contributed by atoms with Gasteiger partial charge in [-0.05, 0) is 93.6 Å². The Morgan fingerprint density at radius 1 is 0.850 bits per heavy atom. The lowest BCUT2D eigenvalue weighted by Crippen LogP contribution is -2.61. The SMILES string of the molecule is CCOC(=O)Cn1c(=O)n([C@H]2CC3C(C)CC[C@@H](C2)N3[C@@H]2CC(C)C(C)C(C)C[C@H](C)C2)c(=O)c2ccccc21. The van der Waals surface area contributed by atoms with Crippen LogP contribution in [0, 0.1) is 29.6 Å². The number of piperidine rings is 2. The molecule has 2 saturated heterocycles. The van der Waals surface area contributed by atoms with E-state index in [-0.39, 0.29) is 24.8 Å². The van der Waals surface area contributed by atoms with E-state index in [1.54, 1.807) is 25.1 Å². The molecule has 2 aliphatic heterocycles. The van der Waals surface area contributed by atoms with Crippen molar-refractivity contribution in [1.29, 1.82) is 0 Å². The maximum absolute atomic E-state index is 14.0. The van der Waals surface area contributed by atoms with Crippen LogP contribution in [0.5, 0.6) is 0 Å². The van der Waals surface area contributed by atoms with Crippen molar-refractivity contribution in [3.05, 3.63) is 45.1 Å². The molecule has 0 amide bonds. The number of fused-ring (bicyclic) bond motifs is 3. The normalized spacial score (nSPS) is 35.2. The number of nitrogens with zero attached hydrogens (tertiary/aromatic N) is 3. The molecule has 5 rings (SSSR count). The van der Waals surface area contributed by atoms with Crippen LogP contribution in [0.25, 0.3) is 10.9 Å². The number of rotatable bonds is 5. The quantitative estimate of drug-likeness (QED) is 0.451. The van der Waals surface area contributed by atoms with Crippen LogP contribution in [-0.2, 0) is 16.1 Å². The lowest BCUT2D eigenvalue weighted by atomic mass is 9.70. The first-order valence-corrected chi connectivity index (χ1v) is 15.8. The van der Waals surface area contributed by atoms with Crippen molar-refractivity contribution in [3.8, 4) is 0 Å². The lowest BCUT2D eigenvalue weighted by Gasteiger charge is -2.56. The third kappa shape index (κ3) is 5.43. The van der Waals surface area contributed by atoms with Gasteiger partial charge in [0.1, 0.15) is 6.54 Å². The summed E-state index contributed by atoms with van der Waals surface area (Å²) in [6.07, 6.45) is 7.66. The first-order chi connectivity index (χ1) is 19.1. The molecule has 1 saturated carbocycles. The Morgan fingerprint density at radius 3 is 2.33 bits per heavy atom. The summed E-state index contributed by atoms with van der Waals surface area (Å²) in [5, 5.41) is 0.484. The first kappa shape index (κ1) is 29.1. The second-order valence-electron chi connectivity index (χ2n) is 13.5. The zero-order valence-corrected chi connectivity index (χ0v) is 25.3. The van der Waals surface area contributed by atoms with E-state index in [4.69, 9.17) is 4.74 Å². The summed E-state index contributed by atoms with van der Waals surface area (Å²) in [5.74, 6) is 2.91. The van der Waals surface area contributed by atoms with Crippen molar-refractivity contribution < 1.29 is 9.53 Å². The number of ether oxygens (including phenoxy) is 1. The summed E-state index contributed by atoms with van der Waals surface area (Å²) < 4.78 is 8.11. The fourth-order valence-electron chi connectivity index (χ4n) is 8.53. The highest BCUT2D eigenvalue weighted by atomic mass is 16.5. The molecular weight excluding hydrogens is 502 g/mol. The van der Waals surface area contributed by atoms with E-state index in [1.165, 1.54) is 34.8 Å². The molecular formula is C33H49N3O4. The van der Waals surface area contributed by atoms with Gasteiger partial charge in [0.2, 0.25) is 0 Å². The minimum atomic E-state index is -0.462. The molecule has 2 bridgehead atoms. The molecule has 40 heavy (non-hydrogen) atoms. The summed E-state index contributed by atoms with van der Waals surface area (Å²) in [4.78, 5) is 43.1. The molecule has 1 aromatic carbocycles. The van der Waals surface area contributed by atoms with E-state index in [2.05, 4.69) is 39.5 Å². The average Bonchev–Trinajstić information content (AvgIpc) is 2.91. The molecule has 9 atom stereocenters. The van der Waals surface area contributed by atoms with Crippen LogP contribution in [0.1, 0.15) is 92.5 Å². The molecule has 3 aliphatic rings.